The molecule has 0 unspecified atom stereocenters. The second-order valence-electron chi connectivity index (χ2n) is 4.02. The number of hydrogen-bond donors (Lipinski definition) is 0. The summed E-state index contributed by atoms with van der Waals surface area (Å²) in [5.41, 5.74) is 0.653. The summed E-state index contributed by atoms with van der Waals surface area (Å²) in [5, 5.41) is 0. The average Bonchev–Trinajstić information content (AvgIpc) is 2.43. The highest BCUT2D eigenvalue weighted by atomic mass is 16.5. The van der Waals surface area contributed by atoms with Gasteiger partial charge in [-0.15, -0.1) is 0 Å². The predicted molar refractivity (Wildman–Crippen MR) is 72.9 cm³/mol. The van der Waals surface area contributed by atoms with Crippen LogP contribution in [0.5, 0.6) is 11.5 Å². The van der Waals surface area contributed by atoms with Crippen molar-refractivity contribution in [1.82, 2.24) is 0 Å². The van der Waals surface area contributed by atoms with Gasteiger partial charge in [0.05, 0.1) is 13.7 Å². The van der Waals surface area contributed by atoms with E-state index in [-0.39, 0.29) is 11.2 Å². The molecule has 0 aliphatic rings. The summed E-state index contributed by atoms with van der Waals surface area (Å²) in [6.45, 7) is 3.99. The van der Waals surface area contributed by atoms with Crippen LogP contribution >= 0.6 is 0 Å². The van der Waals surface area contributed by atoms with Crippen molar-refractivity contribution in [3.8, 4) is 22.8 Å². The van der Waals surface area contributed by atoms with E-state index in [1.165, 1.54) is 6.07 Å². The molecule has 0 saturated heterocycles. The van der Waals surface area contributed by atoms with Crippen molar-refractivity contribution in [2.45, 2.75) is 13.8 Å². The lowest BCUT2D eigenvalue weighted by Crippen LogP contribution is -2.08. The summed E-state index contributed by atoms with van der Waals surface area (Å²) in [4.78, 5) is 11.9. The molecule has 2 aromatic rings. The zero-order chi connectivity index (χ0) is 13.8. The van der Waals surface area contributed by atoms with E-state index in [4.69, 9.17) is 13.9 Å². The number of benzene rings is 1. The molecule has 1 heterocycles. The van der Waals surface area contributed by atoms with Crippen molar-refractivity contribution in [2.24, 2.45) is 0 Å². The van der Waals surface area contributed by atoms with Gasteiger partial charge in [0.1, 0.15) is 17.3 Å². The number of methoxy groups -OCH3 is 1. The van der Waals surface area contributed by atoms with E-state index in [1.807, 2.05) is 31.2 Å². The molecule has 0 amide bonds. The largest absolute Gasteiger partial charge is 0.497 e. The van der Waals surface area contributed by atoms with Crippen LogP contribution in [-0.2, 0) is 0 Å². The minimum atomic E-state index is -0.170. The monoisotopic (exact) mass is 260 g/mol. The first-order chi connectivity index (χ1) is 9.15. The van der Waals surface area contributed by atoms with Crippen molar-refractivity contribution < 1.29 is 13.9 Å². The van der Waals surface area contributed by atoms with Crippen LogP contribution in [0, 0.1) is 6.92 Å². The van der Waals surface area contributed by atoms with E-state index in [9.17, 15) is 4.79 Å². The third kappa shape index (κ3) is 2.78. The Balaban J connectivity index is 2.42. The van der Waals surface area contributed by atoms with E-state index in [0.717, 1.165) is 11.3 Å². The Labute approximate surface area is 111 Å². The molecule has 19 heavy (non-hydrogen) atoms. The van der Waals surface area contributed by atoms with Gasteiger partial charge in [0.15, 0.2) is 0 Å². The van der Waals surface area contributed by atoms with Crippen molar-refractivity contribution in [2.75, 3.05) is 13.7 Å². The van der Waals surface area contributed by atoms with Crippen LogP contribution in [0.2, 0.25) is 0 Å². The summed E-state index contributed by atoms with van der Waals surface area (Å²) >= 11 is 0. The maximum absolute atomic E-state index is 11.9. The van der Waals surface area contributed by atoms with Crippen molar-refractivity contribution in [3.05, 3.63) is 46.3 Å². The maximum Gasteiger partial charge on any atom is 0.227 e. The number of ether oxygens (including phenoxy) is 2. The second kappa shape index (κ2) is 5.61. The van der Waals surface area contributed by atoms with Crippen molar-refractivity contribution in [1.29, 1.82) is 0 Å². The van der Waals surface area contributed by atoms with E-state index in [2.05, 4.69) is 0 Å². The molecule has 2 rings (SSSR count). The highest BCUT2D eigenvalue weighted by Gasteiger charge is 2.11. The fraction of sp³-hybridized carbons (Fsp3) is 0.267. The lowest BCUT2D eigenvalue weighted by atomic mass is 10.1. The second-order valence-corrected chi connectivity index (χ2v) is 4.02. The smallest absolute Gasteiger partial charge is 0.227 e. The van der Waals surface area contributed by atoms with Crippen LogP contribution < -0.4 is 14.9 Å². The third-order valence-corrected chi connectivity index (χ3v) is 2.73. The quantitative estimate of drug-likeness (QED) is 0.847. The van der Waals surface area contributed by atoms with Gasteiger partial charge < -0.3 is 13.9 Å². The van der Waals surface area contributed by atoms with Gasteiger partial charge in [-0.1, -0.05) is 0 Å². The Hall–Kier alpha value is -2.23. The minimum absolute atomic E-state index is 0.170. The van der Waals surface area contributed by atoms with Gasteiger partial charge in [0, 0.05) is 11.6 Å². The zero-order valence-corrected chi connectivity index (χ0v) is 11.2. The molecule has 0 N–H and O–H groups in total. The van der Waals surface area contributed by atoms with Crippen LogP contribution in [0.15, 0.2) is 39.5 Å². The maximum atomic E-state index is 11.9. The molecule has 0 aliphatic carbocycles. The fourth-order valence-corrected chi connectivity index (χ4v) is 1.81. The lowest BCUT2D eigenvalue weighted by Gasteiger charge is -2.08. The van der Waals surface area contributed by atoms with E-state index in [1.54, 1.807) is 14.0 Å². The molecule has 0 spiro atoms. The topological polar surface area (TPSA) is 48.7 Å². The Morgan fingerprint density at radius 1 is 1.21 bits per heavy atom. The molecule has 0 aliphatic heterocycles. The summed E-state index contributed by atoms with van der Waals surface area (Å²) in [6, 6.07) is 8.77. The molecule has 1 aromatic carbocycles. The van der Waals surface area contributed by atoms with Gasteiger partial charge in [-0.3, -0.25) is 4.79 Å². The summed E-state index contributed by atoms with van der Waals surface area (Å²) in [6.07, 6.45) is 0. The zero-order valence-electron chi connectivity index (χ0n) is 11.2. The predicted octanol–water partition coefficient (Wildman–Crippen LogP) is 3.02. The SMILES string of the molecule is CCOc1c(C)oc(-c2ccc(OC)cc2)cc1=O. The molecule has 1 aromatic heterocycles. The Morgan fingerprint density at radius 2 is 1.89 bits per heavy atom. The highest BCUT2D eigenvalue weighted by molar-refractivity contribution is 5.58. The molecular weight excluding hydrogens is 244 g/mol. The van der Waals surface area contributed by atoms with Crippen molar-refractivity contribution in [3.63, 3.8) is 0 Å². The minimum Gasteiger partial charge on any atom is -0.497 e. The molecule has 4 nitrogen and oxygen atoms in total. The first-order valence-corrected chi connectivity index (χ1v) is 6.07. The first kappa shape index (κ1) is 13.2. The summed E-state index contributed by atoms with van der Waals surface area (Å²) < 4.78 is 16.0. The summed E-state index contributed by atoms with van der Waals surface area (Å²) in [7, 11) is 1.61. The Bertz CT molecular complexity index is 611. The number of hydrogen-bond acceptors (Lipinski definition) is 4. The molecule has 100 valence electrons. The number of aryl methyl sites for hydroxylation is 1. The van der Waals surface area contributed by atoms with Crippen LogP contribution in [-0.4, -0.2) is 13.7 Å². The standard InChI is InChI=1S/C15H16O4/c1-4-18-15-10(2)19-14(9-13(15)16)11-5-7-12(17-3)8-6-11/h5-9H,4H2,1-3H3. The van der Waals surface area contributed by atoms with Gasteiger partial charge in [-0.05, 0) is 38.1 Å². The van der Waals surface area contributed by atoms with E-state index < -0.39 is 0 Å². The van der Waals surface area contributed by atoms with Crippen molar-refractivity contribution >= 4 is 0 Å². The number of rotatable bonds is 4. The fourth-order valence-electron chi connectivity index (χ4n) is 1.81. The molecular formula is C15H16O4. The normalized spacial score (nSPS) is 10.3. The molecule has 0 radical (unpaired) electrons. The lowest BCUT2D eigenvalue weighted by molar-refractivity contribution is 0.317. The van der Waals surface area contributed by atoms with Crippen LogP contribution in [0.4, 0.5) is 0 Å². The highest BCUT2D eigenvalue weighted by Crippen LogP contribution is 2.24. The molecule has 0 fully saturated rings. The van der Waals surface area contributed by atoms with Crippen LogP contribution in [0.25, 0.3) is 11.3 Å². The third-order valence-electron chi connectivity index (χ3n) is 2.73. The Morgan fingerprint density at radius 3 is 2.42 bits per heavy atom. The van der Waals surface area contributed by atoms with Crippen LogP contribution in [0.3, 0.4) is 0 Å². The van der Waals surface area contributed by atoms with E-state index in [0.29, 0.717) is 18.1 Å². The van der Waals surface area contributed by atoms with Gasteiger partial charge in [0.2, 0.25) is 11.2 Å². The average molecular weight is 260 g/mol. The molecule has 0 saturated carbocycles. The van der Waals surface area contributed by atoms with Gasteiger partial charge in [-0.2, -0.15) is 0 Å². The summed E-state index contributed by atoms with van der Waals surface area (Å²) in [5.74, 6) is 2.04. The van der Waals surface area contributed by atoms with Gasteiger partial charge in [0.25, 0.3) is 0 Å². The molecule has 0 bridgehead atoms. The van der Waals surface area contributed by atoms with Crippen LogP contribution in [0.1, 0.15) is 12.7 Å². The first-order valence-electron chi connectivity index (χ1n) is 6.07. The molecule has 4 heteroatoms. The van der Waals surface area contributed by atoms with E-state index >= 15 is 0 Å². The Kier molecular flexibility index (Phi) is 3.90. The van der Waals surface area contributed by atoms with Gasteiger partial charge >= 0.3 is 0 Å². The van der Waals surface area contributed by atoms with Gasteiger partial charge in [-0.25, -0.2) is 0 Å². The molecule has 0 atom stereocenters.